The number of hydrazine groups is 1. The Morgan fingerprint density at radius 3 is 2.25 bits per heavy atom. The van der Waals surface area contributed by atoms with Gasteiger partial charge in [-0.05, 0) is 37.5 Å². The number of nitrogens with one attached hydrogen (secondary N) is 1. The van der Waals surface area contributed by atoms with Crippen LogP contribution in [0.25, 0.3) is 0 Å². The molecule has 0 unspecified atom stereocenters. The number of carbonyl (C=O) groups is 1. The summed E-state index contributed by atoms with van der Waals surface area (Å²) in [6.45, 7) is 5.73. The van der Waals surface area contributed by atoms with Gasteiger partial charge in [-0.25, -0.2) is 5.84 Å². The number of rotatable bonds is 2. The lowest BCUT2D eigenvalue weighted by Gasteiger charge is -2.17. The van der Waals surface area contributed by atoms with Crippen molar-refractivity contribution in [1.29, 1.82) is 0 Å². The van der Waals surface area contributed by atoms with Crippen molar-refractivity contribution in [1.82, 2.24) is 5.43 Å². The Balaban J connectivity index is 3.64. The standard InChI is InChI=1S/C11H15BrN2O2/c1-5-6(2)10(16-4)8(11(15)14-13)7(3)9(5)12/h13H2,1-4H3,(H,14,15). The molecule has 1 amide bonds. The Kier molecular flexibility index (Phi) is 3.93. The number of halogens is 1. The van der Waals surface area contributed by atoms with Crippen molar-refractivity contribution >= 4 is 21.8 Å². The Hall–Kier alpha value is -1.07. The van der Waals surface area contributed by atoms with E-state index in [1.807, 2.05) is 20.8 Å². The lowest BCUT2D eigenvalue weighted by atomic mass is 9.98. The van der Waals surface area contributed by atoms with Crippen molar-refractivity contribution in [2.45, 2.75) is 20.8 Å². The summed E-state index contributed by atoms with van der Waals surface area (Å²) in [5.74, 6) is 5.39. The first-order valence-corrected chi connectivity index (χ1v) is 5.59. The van der Waals surface area contributed by atoms with Crippen molar-refractivity contribution in [3.05, 3.63) is 26.7 Å². The van der Waals surface area contributed by atoms with Crippen LogP contribution in [0.1, 0.15) is 27.0 Å². The molecular weight excluding hydrogens is 272 g/mol. The third-order valence-corrected chi connectivity index (χ3v) is 3.92. The van der Waals surface area contributed by atoms with Gasteiger partial charge < -0.3 is 4.74 Å². The summed E-state index contributed by atoms with van der Waals surface area (Å²) < 4.78 is 6.19. The van der Waals surface area contributed by atoms with E-state index in [2.05, 4.69) is 21.4 Å². The fourth-order valence-electron chi connectivity index (χ4n) is 1.68. The molecule has 0 heterocycles. The fraction of sp³-hybridized carbons (Fsp3) is 0.364. The van der Waals surface area contributed by atoms with Gasteiger partial charge in [0.05, 0.1) is 12.7 Å². The normalized spacial score (nSPS) is 10.1. The number of amides is 1. The Morgan fingerprint density at radius 1 is 1.25 bits per heavy atom. The molecule has 5 heteroatoms. The van der Waals surface area contributed by atoms with Gasteiger partial charge in [-0.15, -0.1) is 0 Å². The van der Waals surface area contributed by atoms with Crippen LogP contribution >= 0.6 is 15.9 Å². The molecular formula is C11H15BrN2O2. The molecule has 1 rings (SSSR count). The molecule has 0 spiro atoms. The van der Waals surface area contributed by atoms with Gasteiger partial charge in [-0.2, -0.15) is 0 Å². The van der Waals surface area contributed by atoms with Gasteiger partial charge in [0.15, 0.2) is 0 Å². The van der Waals surface area contributed by atoms with E-state index in [4.69, 9.17) is 10.6 Å². The van der Waals surface area contributed by atoms with Crippen LogP contribution in [0.5, 0.6) is 5.75 Å². The summed E-state index contributed by atoms with van der Waals surface area (Å²) in [6.07, 6.45) is 0. The molecule has 4 nitrogen and oxygen atoms in total. The SMILES string of the molecule is COc1c(C)c(C)c(Br)c(C)c1C(=O)NN. The first kappa shape index (κ1) is 13.0. The summed E-state index contributed by atoms with van der Waals surface area (Å²) in [6, 6.07) is 0. The van der Waals surface area contributed by atoms with E-state index in [1.165, 1.54) is 0 Å². The Morgan fingerprint density at radius 2 is 1.81 bits per heavy atom. The summed E-state index contributed by atoms with van der Waals surface area (Å²) in [5.41, 5.74) is 5.41. The van der Waals surface area contributed by atoms with Gasteiger partial charge in [0.2, 0.25) is 0 Å². The maximum absolute atomic E-state index is 11.7. The molecule has 1 aromatic carbocycles. The van der Waals surface area contributed by atoms with E-state index >= 15 is 0 Å². The Labute approximate surface area is 103 Å². The lowest BCUT2D eigenvalue weighted by molar-refractivity contribution is 0.0949. The van der Waals surface area contributed by atoms with E-state index in [1.54, 1.807) is 7.11 Å². The molecule has 0 aliphatic rings. The summed E-state index contributed by atoms with van der Waals surface area (Å²) in [7, 11) is 1.54. The van der Waals surface area contributed by atoms with Crippen LogP contribution < -0.4 is 16.0 Å². The van der Waals surface area contributed by atoms with Crippen LogP contribution in [0.3, 0.4) is 0 Å². The number of methoxy groups -OCH3 is 1. The van der Waals surface area contributed by atoms with E-state index in [-0.39, 0.29) is 5.91 Å². The first-order valence-electron chi connectivity index (χ1n) is 4.79. The minimum atomic E-state index is -0.349. The van der Waals surface area contributed by atoms with Gasteiger partial charge in [-0.1, -0.05) is 15.9 Å². The largest absolute Gasteiger partial charge is 0.496 e. The van der Waals surface area contributed by atoms with Crippen molar-refractivity contribution < 1.29 is 9.53 Å². The number of nitrogen functional groups attached to an aromatic ring is 1. The molecule has 0 radical (unpaired) electrons. The zero-order chi connectivity index (χ0) is 12.5. The highest BCUT2D eigenvalue weighted by molar-refractivity contribution is 9.10. The predicted molar refractivity (Wildman–Crippen MR) is 66.6 cm³/mol. The van der Waals surface area contributed by atoms with E-state index in [0.717, 1.165) is 21.2 Å². The van der Waals surface area contributed by atoms with Gasteiger partial charge in [0.25, 0.3) is 5.91 Å². The fourth-order valence-corrected chi connectivity index (χ4v) is 2.18. The highest BCUT2D eigenvalue weighted by Gasteiger charge is 2.21. The highest BCUT2D eigenvalue weighted by atomic mass is 79.9. The summed E-state index contributed by atoms with van der Waals surface area (Å²) >= 11 is 3.47. The number of nitrogens with two attached hydrogens (primary N) is 1. The van der Waals surface area contributed by atoms with Crippen LogP contribution in [-0.2, 0) is 0 Å². The molecule has 0 aromatic heterocycles. The average molecular weight is 287 g/mol. The summed E-state index contributed by atoms with van der Waals surface area (Å²) in [5, 5.41) is 0. The smallest absolute Gasteiger partial charge is 0.269 e. The number of hydrogen-bond acceptors (Lipinski definition) is 3. The minimum absolute atomic E-state index is 0.349. The second-order valence-electron chi connectivity index (χ2n) is 3.57. The Bertz CT molecular complexity index is 444. The molecule has 88 valence electrons. The molecule has 0 atom stereocenters. The van der Waals surface area contributed by atoms with Crippen molar-refractivity contribution in [3.8, 4) is 5.75 Å². The second kappa shape index (κ2) is 4.84. The number of carbonyl (C=O) groups excluding carboxylic acids is 1. The topological polar surface area (TPSA) is 64.3 Å². The van der Waals surface area contributed by atoms with Crippen LogP contribution in [0.2, 0.25) is 0 Å². The van der Waals surface area contributed by atoms with Gasteiger partial charge >= 0.3 is 0 Å². The monoisotopic (exact) mass is 286 g/mol. The number of hydrogen-bond donors (Lipinski definition) is 2. The maximum Gasteiger partial charge on any atom is 0.269 e. The van der Waals surface area contributed by atoms with Crippen LogP contribution in [-0.4, -0.2) is 13.0 Å². The van der Waals surface area contributed by atoms with E-state index in [9.17, 15) is 4.79 Å². The van der Waals surface area contributed by atoms with Crippen LogP contribution in [0.15, 0.2) is 4.47 Å². The van der Waals surface area contributed by atoms with E-state index < -0.39 is 0 Å². The zero-order valence-corrected chi connectivity index (χ0v) is 11.4. The molecule has 0 bridgehead atoms. The number of ether oxygens (including phenoxy) is 1. The van der Waals surface area contributed by atoms with Gasteiger partial charge in [0.1, 0.15) is 5.75 Å². The predicted octanol–water partition coefficient (Wildman–Crippen LogP) is 1.99. The molecule has 0 aliphatic heterocycles. The van der Waals surface area contributed by atoms with Crippen LogP contribution in [0, 0.1) is 20.8 Å². The molecule has 0 saturated heterocycles. The van der Waals surface area contributed by atoms with Gasteiger partial charge in [-0.3, -0.25) is 10.2 Å². The van der Waals surface area contributed by atoms with Crippen LogP contribution in [0.4, 0.5) is 0 Å². The average Bonchev–Trinajstić information content (AvgIpc) is 2.29. The lowest BCUT2D eigenvalue weighted by Crippen LogP contribution is -2.31. The van der Waals surface area contributed by atoms with Crippen molar-refractivity contribution in [2.75, 3.05) is 7.11 Å². The highest BCUT2D eigenvalue weighted by Crippen LogP contribution is 2.35. The third-order valence-electron chi connectivity index (χ3n) is 2.73. The third kappa shape index (κ3) is 1.92. The molecule has 0 aliphatic carbocycles. The first-order chi connectivity index (χ1) is 7.45. The summed E-state index contributed by atoms with van der Waals surface area (Å²) in [4.78, 5) is 11.7. The molecule has 0 fully saturated rings. The molecule has 3 N–H and O–H groups in total. The van der Waals surface area contributed by atoms with Crippen molar-refractivity contribution in [2.24, 2.45) is 5.84 Å². The quantitative estimate of drug-likeness (QED) is 0.496. The molecule has 0 saturated carbocycles. The second-order valence-corrected chi connectivity index (χ2v) is 4.36. The van der Waals surface area contributed by atoms with E-state index in [0.29, 0.717) is 11.3 Å². The maximum atomic E-state index is 11.7. The number of benzene rings is 1. The zero-order valence-electron chi connectivity index (χ0n) is 9.77. The molecule has 1 aromatic rings. The molecule has 16 heavy (non-hydrogen) atoms. The minimum Gasteiger partial charge on any atom is -0.496 e. The van der Waals surface area contributed by atoms with Crippen molar-refractivity contribution in [3.63, 3.8) is 0 Å². The van der Waals surface area contributed by atoms with Gasteiger partial charge in [0, 0.05) is 4.47 Å².